The van der Waals surface area contributed by atoms with Crippen molar-refractivity contribution in [2.75, 3.05) is 0 Å². The molecule has 0 aliphatic carbocycles. The van der Waals surface area contributed by atoms with E-state index >= 15 is 0 Å². The quantitative estimate of drug-likeness (QED) is 0.371. The monoisotopic (exact) mass is 209 g/mol. The van der Waals surface area contributed by atoms with E-state index in [1.54, 1.807) is 0 Å². The van der Waals surface area contributed by atoms with E-state index in [1.807, 2.05) is 0 Å². The van der Waals surface area contributed by atoms with Gasteiger partial charge < -0.3 is 0 Å². The molecule has 0 saturated carbocycles. The molecule has 0 aliphatic rings. The third-order valence-electron chi connectivity index (χ3n) is 0. The Morgan fingerprint density at radius 2 is 1.00 bits per heavy atom. The molecule has 0 heterocycles. The van der Waals surface area contributed by atoms with Gasteiger partial charge in [0.1, 0.15) is 0 Å². The molecule has 0 atom stereocenters. The van der Waals surface area contributed by atoms with E-state index in [0.29, 0.717) is 0 Å². The van der Waals surface area contributed by atoms with Gasteiger partial charge in [-0.05, 0) is 0 Å². The van der Waals surface area contributed by atoms with E-state index in [1.165, 1.54) is 0 Å². The van der Waals surface area contributed by atoms with Crippen molar-refractivity contribution in [3.63, 3.8) is 0 Å². The normalized spacial score (nSPS) is 8.29. The summed E-state index contributed by atoms with van der Waals surface area (Å²) < 4.78 is 34.5. The molecule has 7 heavy (non-hydrogen) atoms. The second-order valence-corrected chi connectivity index (χ2v) is 2.42. The van der Waals surface area contributed by atoms with Crippen LogP contribution in [0.2, 0.25) is 0 Å². The summed E-state index contributed by atoms with van der Waals surface area (Å²) in [5, 5.41) is 0. The molecule has 0 saturated heterocycles. The van der Waals surface area contributed by atoms with Crippen molar-refractivity contribution >= 4 is 0 Å². The fourth-order valence-corrected chi connectivity index (χ4v) is 0. The van der Waals surface area contributed by atoms with Crippen molar-refractivity contribution < 1.29 is 90.2 Å². The van der Waals surface area contributed by atoms with Gasteiger partial charge in [-0.25, -0.2) is 0 Å². The zero-order valence-electron chi connectivity index (χ0n) is 4.04. The molecule has 0 fully saturated rings. The Morgan fingerprint density at radius 1 is 1.00 bits per heavy atom. The van der Waals surface area contributed by atoms with Gasteiger partial charge in [-0.3, -0.25) is 0 Å². The maximum absolute atomic E-state index is 8.63. The molecule has 0 amide bonds. The van der Waals surface area contributed by atoms with Gasteiger partial charge >= 0.3 is 90.2 Å². The van der Waals surface area contributed by atoms with Crippen LogP contribution in [0.25, 0.3) is 0 Å². The predicted molar refractivity (Wildman–Crippen MR) is 1.37 cm³/mol. The molecule has 7 heteroatoms. The van der Waals surface area contributed by atoms with Crippen LogP contribution in [0.3, 0.4) is 0 Å². The molecular formula is MoNa2O4. The summed E-state index contributed by atoms with van der Waals surface area (Å²) in [5.74, 6) is 0. The van der Waals surface area contributed by atoms with Gasteiger partial charge in [0.2, 0.25) is 0 Å². The van der Waals surface area contributed by atoms with Crippen LogP contribution < -0.4 is 66.6 Å². The van der Waals surface area contributed by atoms with Crippen molar-refractivity contribution in [3.05, 3.63) is 0 Å². The Morgan fingerprint density at radius 3 is 1.00 bits per heavy atom. The zero-order valence-corrected chi connectivity index (χ0v) is 10.0. The van der Waals surface area contributed by atoms with Crippen LogP contribution in [0.4, 0.5) is 0 Å². The Kier molecular flexibility index (Phi) is 14.6. The SMILES string of the molecule is [Na+].[Na+].[O]=[99Mo](=[O])([O-])[O-]. The first-order chi connectivity index (χ1) is 2.00. The van der Waals surface area contributed by atoms with E-state index in [-0.39, 0.29) is 59.1 Å². The van der Waals surface area contributed by atoms with Crippen LogP contribution in [0.1, 0.15) is 0 Å². The fourth-order valence-electron chi connectivity index (χ4n) is 0. The molecule has 0 radical (unpaired) electrons. The molecule has 0 N–H and O–H groups in total. The van der Waals surface area contributed by atoms with Crippen molar-refractivity contribution in [3.8, 4) is 0 Å². The number of rotatable bonds is 0. The van der Waals surface area contributed by atoms with Gasteiger partial charge in [0, 0.05) is 0 Å². The molecule has 32 valence electrons. The predicted octanol–water partition coefficient (Wildman–Crippen LogP) is -8.61. The van der Waals surface area contributed by atoms with E-state index in [9.17, 15) is 0 Å². The molecule has 0 bridgehead atoms. The number of hydrogen-bond donors (Lipinski definition) is 0. The summed E-state index contributed by atoms with van der Waals surface area (Å²) in [7, 11) is 0. The Bertz CT molecular complexity index is 92.9. The van der Waals surface area contributed by atoms with Crippen molar-refractivity contribution in [2.45, 2.75) is 0 Å². The van der Waals surface area contributed by atoms with Crippen LogP contribution in [0.5, 0.6) is 0 Å². The first-order valence-electron chi connectivity index (χ1n) is 0.667. The van der Waals surface area contributed by atoms with Gasteiger partial charge in [0.15, 0.2) is 0 Å². The third kappa shape index (κ3) is 64.9. The first kappa shape index (κ1) is 16.1. The van der Waals surface area contributed by atoms with Gasteiger partial charge in [0.25, 0.3) is 0 Å². The van der Waals surface area contributed by atoms with Crippen LogP contribution >= 0.6 is 0 Å². The number of hydrogen-bond acceptors (Lipinski definition) is 4. The summed E-state index contributed by atoms with van der Waals surface area (Å²) >= 11 is -6.02. The van der Waals surface area contributed by atoms with Crippen LogP contribution in [-0.4, -0.2) is 0 Å². The maximum atomic E-state index is 8.63. The van der Waals surface area contributed by atoms with Crippen molar-refractivity contribution in [1.29, 1.82) is 0 Å². The van der Waals surface area contributed by atoms with Crippen molar-refractivity contribution in [2.24, 2.45) is 0 Å². The van der Waals surface area contributed by atoms with Gasteiger partial charge in [-0.15, -0.1) is 0 Å². The molecule has 0 aromatic rings. The van der Waals surface area contributed by atoms with E-state index in [4.69, 9.17) is 14.3 Å². The van der Waals surface area contributed by atoms with Gasteiger partial charge in [-0.1, -0.05) is 0 Å². The molecule has 4 nitrogen and oxygen atoms in total. The molecule has 0 aliphatic heterocycles. The fraction of sp³-hybridized carbons (Fsp3) is 0. The summed E-state index contributed by atoms with van der Waals surface area (Å²) in [5.41, 5.74) is 0. The van der Waals surface area contributed by atoms with Gasteiger partial charge in [-0.2, -0.15) is 0 Å². The summed E-state index contributed by atoms with van der Waals surface area (Å²) in [4.78, 5) is 0. The van der Waals surface area contributed by atoms with Crippen LogP contribution in [-0.2, 0) is 23.5 Å². The molecule has 0 spiro atoms. The van der Waals surface area contributed by atoms with E-state index < -0.39 is 16.7 Å². The molecule has 0 rings (SSSR count). The summed E-state index contributed by atoms with van der Waals surface area (Å²) in [6.45, 7) is 0. The Hall–Kier alpha value is 2.21. The minimum atomic E-state index is -6.02. The van der Waals surface area contributed by atoms with E-state index in [0.717, 1.165) is 0 Å². The average Bonchev–Trinajstić information content (AvgIpc) is 0.722. The Balaban J connectivity index is -0.0000000800. The molecular weight excluding hydrogens is 209 g/mol. The van der Waals surface area contributed by atoms with E-state index in [2.05, 4.69) is 0 Å². The molecule has 0 unspecified atom stereocenters. The topological polar surface area (TPSA) is 80.3 Å². The second kappa shape index (κ2) is 6.33. The Labute approximate surface area is 88.6 Å². The molecule has 0 aromatic heterocycles. The summed E-state index contributed by atoms with van der Waals surface area (Å²) in [6, 6.07) is 0. The standard InChI is InChI=1S/Mo.2Na.4O/q;2*+1;;;2*-1/i1+3;;;;;;. The second-order valence-electron chi connectivity index (χ2n) is 0.408. The zero-order chi connectivity index (χ0) is 4.50. The average molecular weight is 209 g/mol. The summed E-state index contributed by atoms with van der Waals surface area (Å²) in [6.07, 6.45) is 0. The van der Waals surface area contributed by atoms with Crippen LogP contribution in [0.15, 0.2) is 0 Å². The molecule has 0 aromatic carbocycles. The minimum absolute atomic E-state index is 0. The van der Waals surface area contributed by atoms with Gasteiger partial charge in [0.05, 0.1) is 0 Å². The van der Waals surface area contributed by atoms with Crippen molar-refractivity contribution in [1.82, 2.24) is 0 Å². The van der Waals surface area contributed by atoms with Crippen LogP contribution in [0, 0.1) is 0 Å². The first-order valence-corrected chi connectivity index (χ1v) is 3.94. The third-order valence-corrected chi connectivity index (χ3v) is 0.